The third-order valence-corrected chi connectivity index (χ3v) is 4.18. The van der Waals surface area contributed by atoms with Crippen LogP contribution in [-0.4, -0.2) is 33.3 Å². The van der Waals surface area contributed by atoms with E-state index >= 15 is 0 Å². The lowest BCUT2D eigenvalue weighted by molar-refractivity contribution is -0.144. The molecule has 1 aromatic carbocycles. The lowest BCUT2D eigenvalue weighted by Gasteiger charge is -2.30. The molecule has 0 saturated carbocycles. The van der Waals surface area contributed by atoms with Gasteiger partial charge in [-0.05, 0) is 12.1 Å². The summed E-state index contributed by atoms with van der Waals surface area (Å²) in [7, 11) is 3.74. The van der Waals surface area contributed by atoms with Crippen LogP contribution in [0.3, 0.4) is 0 Å². The number of nitrogens with zero attached hydrogens (tertiary/aromatic N) is 1. The Hall–Kier alpha value is -2.73. The standard InChI is InChI=1S/C16H15BrN2O6/c1-22-10-5-7(17)4-8-11(9(6-18)15(20)23-2)12(16(21)24-3)14(19)25-13(8)10/h4-5,9,11H,19H2,1-3H3/t9-,11+/m0/s1. The van der Waals surface area contributed by atoms with Crippen molar-refractivity contribution in [1.82, 2.24) is 0 Å². The Labute approximate surface area is 152 Å². The summed E-state index contributed by atoms with van der Waals surface area (Å²) in [6.45, 7) is 0. The van der Waals surface area contributed by atoms with Gasteiger partial charge < -0.3 is 24.7 Å². The molecule has 0 aliphatic carbocycles. The molecule has 1 aliphatic rings. The van der Waals surface area contributed by atoms with E-state index in [0.717, 1.165) is 14.2 Å². The van der Waals surface area contributed by atoms with Crippen molar-refractivity contribution in [2.24, 2.45) is 11.7 Å². The number of carbonyl (C=O) groups excluding carboxylic acids is 2. The molecule has 0 amide bonds. The molecule has 0 saturated heterocycles. The highest BCUT2D eigenvalue weighted by Gasteiger charge is 2.44. The van der Waals surface area contributed by atoms with Gasteiger partial charge in [-0.3, -0.25) is 4.79 Å². The van der Waals surface area contributed by atoms with E-state index in [1.54, 1.807) is 12.1 Å². The van der Waals surface area contributed by atoms with Gasteiger partial charge in [0.25, 0.3) is 0 Å². The Morgan fingerprint density at radius 3 is 2.52 bits per heavy atom. The molecule has 0 fully saturated rings. The van der Waals surface area contributed by atoms with Crippen LogP contribution in [-0.2, 0) is 19.1 Å². The molecular weight excluding hydrogens is 396 g/mol. The van der Waals surface area contributed by atoms with Crippen molar-refractivity contribution in [3.05, 3.63) is 33.6 Å². The van der Waals surface area contributed by atoms with Crippen molar-refractivity contribution in [2.75, 3.05) is 21.3 Å². The third kappa shape index (κ3) is 3.25. The lowest BCUT2D eigenvalue weighted by Crippen LogP contribution is -2.33. The summed E-state index contributed by atoms with van der Waals surface area (Å²) in [4.78, 5) is 24.3. The van der Waals surface area contributed by atoms with Crippen molar-refractivity contribution in [1.29, 1.82) is 5.26 Å². The fourth-order valence-corrected chi connectivity index (χ4v) is 3.08. The molecule has 132 valence electrons. The largest absolute Gasteiger partial charge is 0.493 e. The van der Waals surface area contributed by atoms with Crippen LogP contribution in [0, 0.1) is 17.2 Å². The first-order valence-electron chi connectivity index (χ1n) is 7.00. The minimum Gasteiger partial charge on any atom is -0.493 e. The van der Waals surface area contributed by atoms with E-state index in [2.05, 4.69) is 15.9 Å². The van der Waals surface area contributed by atoms with Crippen molar-refractivity contribution >= 4 is 27.9 Å². The van der Waals surface area contributed by atoms with Crippen LogP contribution in [0.2, 0.25) is 0 Å². The molecule has 0 radical (unpaired) electrons. The van der Waals surface area contributed by atoms with E-state index in [1.165, 1.54) is 7.11 Å². The van der Waals surface area contributed by atoms with Crippen molar-refractivity contribution in [3.63, 3.8) is 0 Å². The Kier molecular flexibility index (Phi) is 5.54. The number of esters is 2. The molecule has 8 nitrogen and oxygen atoms in total. The maximum Gasteiger partial charge on any atom is 0.339 e. The highest BCUT2D eigenvalue weighted by atomic mass is 79.9. The quantitative estimate of drug-likeness (QED) is 0.742. The molecule has 1 heterocycles. The number of nitrogens with two attached hydrogens (primary N) is 1. The number of hydrogen-bond donors (Lipinski definition) is 1. The van der Waals surface area contributed by atoms with Crippen LogP contribution >= 0.6 is 15.9 Å². The van der Waals surface area contributed by atoms with Crippen LogP contribution in [0.4, 0.5) is 0 Å². The van der Waals surface area contributed by atoms with Crippen LogP contribution in [0.25, 0.3) is 0 Å². The number of methoxy groups -OCH3 is 3. The molecule has 0 aromatic heterocycles. The van der Waals surface area contributed by atoms with Gasteiger partial charge in [-0.2, -0.15) is 5.26 Å². The van der Waals surface area contributed by atoms with Gasteiger partial charge in [-0.25, -0.2) is 4.79 Å². The van der Waals surface area contributed by atoms with Crippen LogP contribution in [0.5, 0.6) is 11.5 Å². The first kappa shape index (κ1) is 18.6. The smallest absolute Gasteiger partial charge is 0.339 e. The van der Waals surface area contributed by atoms with Crippen LogP contribution in [0.1, 0.15) is 11.5 Å². The first-order valence-corrected chi connectivity index (χ1v) is 7.79. The van der Waals surface area contributed by atoms with Crippen molar-refractivity contribution in [2.45, 2.75) is 5.92 Å². The Bertz CT molecular complexity index is 799. The van der Waals surface area contributed by atoms with Gasteiger partial charge in [0, 0.05) is 10.0 Å². The molecule has 1 aromatic rings. The topological polar surface area (TPSA) is 121 Å². The van der Waals surface area contributed by atoms with Crippen LogP contribution < -0.4 is 15.2 Å². The summed E-state index contributed by atoms with van der Waals surface area (Å²) in [6, 6.07) is 5.11. The number of halogens is 1. The van der Waals surface area contributed by atoms with Crippen LogP contribution in [0.15, 0.2) is 28.1 Å². The molecule has 0 unspecified atom stereocenters. The van der Waals surface area contributed by atoms with Gasteiger partial charge >= 0.3 is 11.9 Å². The maximum atomic E-state index is 12.2. The van der Waals surface area contributed by atoms with Gasteiger partial charge in [-0.15, -0.1) is 0 Å². The molecule has 2 rings (SSSR count). The zero-order valence-electron chi connectivity index (χ0n) is 13.7. The number of carbonyl (C=O) groups is 2. The fraction of sp³-hybridized carbons (Fsp3) is 0.312. The van der Waals surface area contributed by atoms with E-state index in [-0.39, 0.29) is 17.2 Å². The molecular formula is C16H15BrN2O6. The van der Waals surface area contributed by atoms with E-state index in [4.69, 9.17) is 24.7 Å². The lowest BCUT2D eigenvalue weighted by atomic mass is 9.79. The molecule has 1 aliphatic heterocycles. The average Bonchev–Trinajstić information content (AvgIpc) is 2.61. The molecule has 0 spiro atoms. The number of ether oxygens (including phenoxy) is 4. The minimum atomic E-state index is -1.33. The van der Waals surface area contributed by atoms with Gasteiger partial charge in [0.15, 0.2) is 17.4 Å². The van der Waals surface area contributed by atoms with Gasteiger partial charge in [0.05, 0.1) is 33.3 Å². The molecule has 25 heavy (non-hydrogen) atoms. The third-order valence-electron chi connectivity index (χ3n) is 3.72. The second-order valence-corrected chi connectivity index (χ2v) is 5.92. The van der Waals surface area contributed by atoms with Crippen molar-refractivity contribution in [3.8, 4) is 17.6 Å². The summed E-state index contributed by atoms with van der Waals surface area (Å²) in [5.74, 6) is -3.73. The molecule has 2 N–H and O–H groups in total. The Morgan fingerprint density at radius 2 is 2.00 bits per heavy atom. The second kappa shape index (κ2) is 7.44. The van der Waals surface area contributed by atoms with E-state index in [0.29, 0.717) is 15.8 Å². The Morgan fingerprint density at radius 1 is 1.32 bits per heavy atom. The summed E-state index contributed by atoms with van der Waals surface area (Å²) >= 11 is 3.33. The van der Waals surface area contributed by atoms with Gasteiger partial charge in [0.2, 0.25) is 5.88 Å². The molecule has 0 bridgehead atoms. The van der Waals surface area contributed by atoms with E-state index < -0.39 is 23.8 Å². The van der Waals surface area contributed by atoms with Gasteiger partial charge in [-0.1, -0.05) is 15.9 Å². The Balaban J connectivity index is 2.78. The molecule has 2 atom stereocenters. The highest BCUT2D eigenvalue weighted by Crippen LogP contribution is 2.48. The number of benzene rings is 1. The summed E-state index contributed by atoms with van der Waals surface area (Å²) in [5.41, 5.74) is 6.12. The van der Waals surface area contributed by atoms with Crippen molar-refractivity contribution < 1.29 is 28.5 Å². The summed E-state index contributed by atoms with van der Waals surface area (Å²) in [5, 5.41) is 9.51. The monoisotopic (exact) mass is 410 g/mol. The van der Waals surface area contributed by atoms with Gasteiger partial charge in [0.1, 0.15) is 5.57 Å². The zero-order valence-corrected chi connectivity index (χ0v) is 15.2. The normalized spacial score (nSPS) is 16.8. The number of nitriles is 1. The highest BCUT2D eigenvalue weighted by molar-refractivity contribution is 9.10. The maximum absolute atomic E-state index is 12.2. The SMILES string of the molecule is COC(=O)C1=C(N)Oc2c(OC)cc(Br)cc2[C@@H]1[C@H](C#N)C(=O)OC. The van der Waals surface area contributed by atoms with E-state index in [9.17, 15) is 14.9 Å². The second-order valence-electron chi connectivity index (χ2n) is 5.01. The predicted octanol–water partition coefficient (Wildman–Crippen LogP) is 1.59. The average molecular weight is 411 g/mol. The number of rotatable bonds is 4. The molecule has 9 heteroatoms. The minimum absolute atomic E-state index is 0.132. The first-order chi connectivity index (χ1) is 11.9. The number of fused-ring (bicyclic) bond motifs is 1. The summed E-state index contributed by atoms with van der Waals surface area (Å²) < 4.78 is 20.8. The number of hydrogen-bond acceptors (Lipinski definition) is 8. The summed E-state index contributed by atoms with van der Waals surface area (Å²) in [6.07, 6.45) is 0. The van der Waals surface area contributed by atoms with E-state index in [1.807, 2.05) is 6.07 Å². The fourth-order valence-electron chi connectivity index (χ4n) is 2.63. The zero-order chi connectivity index (χ0) is 18.7. The predicted molar refractivity (Wildman–Crippen MR) is 88.4 cm³/mol.